The van der Waals surface area contributed by atoms with E-state index in [1.54, 1.807) is 0 Å². The average Bonchev–Trinajstić information content (AvgIpc) is 2.37. The molecule has 1 rings (SSSR count). The molecule has 0 bridgehead atoms. The summed E-state index contributed by atoms with van der Waals surface area (Å²) in [6.07, 6.45) is -4.63. The van der Waals surface area contributed by atoms with Crippen molar-refractivity contribution in [2.45, 2.75) is 11.1 Å². The van der Waals surface area contributed by atoms with Gasteiger partial charge in [0.1, 0.15) is 5.92 Å². The van der Waals surface area contributed by atoms with Gasteiger partial charge in [-0.1, -0.05) is 5.16 Å². The smallest absolute Gasteiger partial charge is 0.399 e. The van der Waals surface area contributed by atoms with Crippen LogP contribution in [0.1, 0.15) is 0 Å². The predicted molar refractivity (Wildman–Crippen MR) is 66.8 cm³/mol. The van der Waals surface area contributed by atoms with Gasteiger partial charge in [0.05, 0.1) is 4.92 Å². The van der Waals surface area contributed by atoms with Crippen LogP contribution in [0.25, 0.3) is 0 Å². The first-order chi connectivity index (χ1) is 9.25. The summed E-state index contributed by atoms with van der Waals surface area (Å²) in [7, 11) is 0. The minimum atomic E-state index is -4.63. The summed E-state index contributed by atoms with van der Waals surface area (Å²) in [6, 6.07) is 5.05. The van der Waals surface area contributed by atoms with Crippen molar-refractivity contribution in [2.24, 2.45) is 16.8 Å². The Morgan fingerprint density at radius 2 is 2.00 bits per heavy atom. The third kappa shape index (κ3) is 4.30. The van der Waals surface area contributed by atoms with Crippen LogP contribution in [-0.4, -0.2) is 27.9 Å². The van der Waals surface area contributed by atoms with Gasteiger partial charge in [0, 0.05) is 22.8 Å². The fourth-order valence-corrected chi connectivity index (χ4v) is 2.31. The van der Waals surface area contributed by atoms with Crippen molar-refractivity contribution in [3.05, 3.63) is 34.4 Å². The second kappa shape index (κ2) is 6.46. The van der Waals surface area contributed by atoms with Gasteiger partial charge in [-0.3, -0.25) is 10.1 Å². The quantitative estimate of drug-likeness (QED) is 0.217. The van der Waals surface area contributed by atoms with Crippen LogP contribution in [0.4, 0.5) is 18.9 Å². The number of halogens is 3. The van der Waals surface area contributed by atoms with Gasteiger partial charge in [0.2, 0.25) is 0 Å². The highest BCUT2D eigenvalue weighted by molar-refractivity contribution is 7.99. The molecule has 0 heterocycles. The van der Waals surface area contributed by atoms with Crippen LogP contribution in [0.3, 0.4) is 0 Å². The molecule has 0 saturated carbocycles. The number of non-ortho nitro benzene ring substituents is 1. The summed E-state index contributed by atoms with van der Waals surface area (Å²) in [5, 5.41) is 21.1. The van der Waals surface area contributed by atoms with E-state index in [-0.39, 0.29) is 5.69 Å². The van der Waals surface area contributed by atoms with Crippen molar-refractivity contribution < 1.29 is 23.3 Å². The average molecular weight is 309 g/mol. The topological polar surface area (TPSA) is 102 Å². The SMILES string of the molecule is N/C(=N/O)C(CSc1ccc([N+](=O)[O-])cc1)C(F)(F)F. The van der Waals surface area contributed by atoms with Crippen molar-refractivity contribution in [2.75, 3.05) is 5.75 Å². The zero-order chi connectivity index (χ0) is 15.3. The van der Waals surface area contributed by atoms with Crippen molar-refractivity contribution in [1.82, 2.24) is 0 Å². The zero-order valence-corrected chi connectivity index (χ0v) is 10.7. The lowest BCUT2D eigenvalue weighted by Crippen LogP contribution is -2.37. The molecule has 0 fully saturated rings. The number of thioether (sulfide) groups is 1. The Balaban J connectivity index is 2.75. The first kappa shape index (κ1) is 16.1. The number of nitrogens with two attached hydrogens (primary N) is 1. The molecule has 0 aliphatic rings. The monoisotopic (exact) mass is 309 g/mol. The Bertz CT molecular complexity index is 505. The summed E-state index contributed by atoms with van der Waals surface area (Å²) in [5.74, 6) is -3.50. The van der Waals surface area contributed by atoms with E-state index in [1.165, 1.54) is 24.3 Å². The van der Waals surface area contributed by atoms with E-state index < -0.39 is 28.6 Å². The lowest BCUT2D eigenvalue weighted by Gasteiger charge is -2.18. The molecule has 110 valence electrons. The number of alkyl halides is 3. The third-order valence-electron chi connectivity index (χ3n) is 2.33. The summed E-state index contributed by atoms with van der Waals surface area (Å²) in [6.45, 7) is 0. The molecule has 0 aliphatic carbocycles. The molecule has 10 heteroatoms. The van der Waals surface area contributed by atoms with Gasteiger partial charge in [0.15, 0.2) is 5.84 Å². The van der Waals surface area contributed by atoms with E-state index in [0.717, 1.165) is 11.8 Å². The number of rotatable bonds is 5. The molecule has 0 radical (unpaired) electrons. The summed E-state index contributed by atoms with van der Waals surface area (Å²) in [5.41, 5.74) is 4.85. The molecular weight excluding hydrogens is 299 g/mol. The highest BCUT2D eigenvalue weighted by atomic mass is 32.2. The Morgan fingerprint density at radius 1 is 1.45 bits per heavy atom. The molecule has 3 N–H and O–H groups in total. The number of amidine groups is 1. The van der Waals surface area contributed by atoms with Crippen LogP contribution >= 0.6 is 11.8 Å². The molecule has 0 saturated heterocycles. The molecule has 1 unspecified atom stereocenters. The number of oxime groups is 1. The minimum Gasteiger partial charge on any atom is -0.409 e. The van der Waals surface area contributed by atoms with Gasteiger partial charge >= 0.3 is 6.18 Å². The van der Waals surface area contributed by atoms with Gasteiger partial charge in [0.25, 0.3) is 5.69 Å². The van der Waals surface area contributed by atoms with E-state index in [4.69, 9.17) is 10.9 Å². The normalized spacial score (nSPS) is 14.1. The van der Waals surface area contributed by atoms with Crippen LogP contribution in [0.15, 0.2) is 34.3 Å². The molecule has 0 amide bonds. The molecule has 1 aromatic rings. The van der Waals surface area contributed by atoms with Gasteiger partial charge in [-0.2, -0.15) is 13.2 Å². The Morgan fingerprint density at radius 3 is 2.40 bits per heavy atom. The van der Waals surface area contributed by atoms with Crippen LogP contribution in [0, 0.1) is 16.0 Å². The minimum absolute atomic E-state index is 0.154. The molecule has 1 atom stereocenters. The van der Waals surface area contributed by atoms with Crippen molar-refractivity contribution in [3.63, 3.8) is 0 Å². The van der Waals surface area contributed by atoms with Crippen molar-refractivity contribution >= 4 is 23.3 Å². The van der Waals surface area contributed by atoms with E-state index in [2.05, 4.69) is 5.16 Å². The number of hydrogen-bond donors (Lipinski definition) is 2. The molecular formula is C10H10F3N3O3S. The van der Waals surface area contributed by atoms with E-state index >= 15 is 0 Å². The number of nitro groups is 1. The molecule has 0 aliphatic heterocycles. The van der Waals surface area contributed by atoms with Gasteiger partial charge in [-0.15, -0.1) is 11.8 Å². The number of benzene rings is 1. The van der Waals surface area contributed by atoms with Crippen LogP contribution in [0.2, 0.25) is 0 Å². The van der Waals surface area contributed by atoms with Gasteiger partial charge in [-0.25, -0.2) is 0 Å². The predicted octanol–water partition coefficient (Wildman–Crippen LogP) is 2.61. The Labute approximate surface area is 115 Å². The van der Waals surface area contributed by atoms with E-state index in [0.29, 0.717) is 4.90 Å². The summed E-state index contributed by atoms with van der Waals surface area (Å²) >= 11 is 0.805. The highest BCUT2D eigenvalue weighted by Crippen LogP contribution is 2.32. The maximum absolute atomic E-state index is 12.7. The first-order valence-corrected chi connectivity index (χ1v) is 6.15. The molecule has 0 spiro atoms. The zero-order valence-electron chi connectivity index (χ0n) is 9.87. The number of nitrogens with zero attached hydrogens (tertiary/aromatic N) is 2. The first-order valence-electron chi connectivity index (χ1n) is 5.17. The van der Waals surface area contributed by atoms with Crippen LogP contribution < -0.4 is 5.73 Å². The summed E-state index contributed by atoms with van der Waals surface area (Å²) in [4.78, 5) is 10.2. The molecule has 6 nitrogen and oxygen atoms in total. The van der Waals surface area contributed by atoms with Gasteiger partial charge in [-0.05, 0) is 12.1 Å². The standard InChI is InChI=1S/C10H10F3N3O3S/c11-10(12,13)8(9(14)15-17)5-20-7-3-1-6(2-4-7)16(18)19/h1-4,8,17H,5H2,(H2,14,15). The fraction of sp³-hybridized carbons (Fsp3) is 0.300. The van der Waals surface area contributed by atoms with E-state index in [9.17, 15) is 23.3 Å². The maximum Gasteiger partial charge on any atom is 0.399 e. The highest BCUT2D eigenvalue weighted by Gasteiger charge is 2.42. The lowest BCUT2D eigenvalue weighted by molar-refractivity contribution is -0.384. The molecule has 1 aromatic carbocycles. The van der Waals surface area contributed by atoms with Crippen molar-refractivity contribution in [3.8, 4) is 0 Å². The van der Waals surface area contributed by atoms with Crippen LogP contribution in [0.5, 0.6) is 0 Å². The second-order valence-electron chi connectivity index (χ2n) is 3.68. The fourth-order valence-electron chi connectivity index (χ4n) is 1.26. The van der Waals surface area contributed by atoms with E-state index in [1.807, 2.05) is 0 Å². The maximum atomic E-state index is 12.7. The molecule has 20 heavy (non-hydrogen) atoms. The van der Waals surface area contributed by atoms with Crippen LogP contribution in [-0.2, 0) is 0 Å². The number of hydrogen-bond acceptors (Lipinski definition) is 5. The van der Waals surface area contributed by atoms with Gasteiger partial charge < -0.3 is 10.9 Å². The Kier molecular flexibility index (Phi) is 5.19. The largest absolute Gasteiger partial charge is 0.409 e. The third-order valence-corrected chi connectivity index (χ3v) is 3.44. The Hall–Kier alpha value is -1.97. The molecule has 0 aromatic heterocycles. The van der Waals surface area contributed by atoms with Crippen molar-refractivity contribution in [1.29, 1.82) is 0 Å². The second-order valence-corrected chi connectivity index (χ2v) is 4.77. The number of nitro benzene ring substituents is 1. The summed E-state index contributed by atoms with van der Waals surface area (Å²) < 4.78 is 38.0. The lowest BCUT2D eigenvalue weighted by atomic mass is 10.1.